The summed E-state index contributed by atoms with van der Waals surface area (Å²) in [5, 5.41) is 0. The van der Waals surface area contributed by atoms with E-state index in [1.54, 1.807) is 31.4 Å². The first-order valence-corrected chi connectivity index (χ1v) is 8.35. The molecular formula is C7H7Cl3O2Si. The van der Waals surface area contributed by atoms with Crippen LogP contribution in [0.4, 0.5) is 0 Å². The van der Waals surface area contributed by atoms with Crippen LogP contribution in [-0.2, 0) is 0 Å². The number of rotatable bonds is 3. The summed E-state index contributed by atoms with van der Waals surface area (Å²) < 4.78 is 10.0. The fourth-order valence-electron chi connectivity index (χ4n) is 0.777. The fraction of sp³-hybridized carbons (Fsp3) is 0.143. The zero-order valence-corrected chi connectivity index (χ0v) is 10.0. The van der Waals surface area contributed by atoms with Crippen molar-refractivity contribution >= 4 is 39.5 Å². The van der Waals surface area contributed by atoms with E-state index < -0.39 is 6.25 Å². The van der Waals surface area contributed by atoms with Gasteiger partial charge in [0.1, 0.15) is 11.5 Å². The quantitative estimate of drug-likeness (QED) is 0.611. The van der Waals surface area contributed by atoms with E-state index in [0.29, 0.717) is 5.75 Å². The minimum Gasteiger partial charge on any atom is -0.508 e. The second-order valence-corrected chi connectivity index (χ2v) is 9.85. The maximum Gasteiger partial charge on any atom is 0.555 e. The van der Waals surface area contributed by atoms with Gasteiger partial charge >= 0.3 is 6.25 Å². The molecule has 1 aromatic rings. The lowest BCUT2D eigenvalue weighted by Gasteiger charge is -2.11. The fourth-order valence-corrected chi connectivity index (χ4v) is 1.98. The largest absolute Gasteiger partial charge is 0.555 e. The van der Waals surface area contributed by atoms with Gasteiger partial charge < -0.3 is 9.16 Å². The Bertz CT molecular complexity index is 270. The van der Waals surface area contributed by atoms with Crippen molar-refractivity contribution in [3.63, 3.8) is 0 Å². The van der Waals surface area contributed by atoms with Gasteiger partial charge in [0.05, 0.1) is 7.11 Å². The van der Waals surface area contributed by atoms with Gasteiger partial charge in [0.15, 0.2) is 0 Å². The zero-order chi connectivity index (χ0) is 9.90. The van der Waals surface area contributed by atoms with Crippen LogP contribution in [0.15, 0.2) is 24.3 Å². The Kier molecular flexibility index (Phi) is 3.73. The van der Waals surface area contributed by atoms with Crippen molar-refractivity contribution in [2.24, 2.45) is 0 Å². The van der Waals surface area contributed by atoms with Crippen molar-refractivity contribution in [1.29, 1.82) is 0 Å². The van der Waals surface area contributed by atoms with Crippen LogP contribution in [0.5, 0.6) is 11.5 Å². The summed E-state index contributed by atoms with van der Waals surface area (Å²) in [4.78, 5) is 0. The van der Waals surface area contributed by atoms with Crippen LogP contribution in [0.25, 0.3) is 0 Å². The number of benzene rings is 1. The Balaban J connectivity index is 2.70. The number of hydrogen-bond acceptors (Lipinski definition) is 2. The van der Waals surface area contributed by atoms with E-state index in [9.17, 15) is 0 Å². The summed E-state index contributed by atoms with van der Waals surface area (Å²) in [6, 6.07) is 6.85. The molecule has 0 radical (unpaired) electrons. The maximum atomic E-state index is 5.56. The summed E-state index contributed by atoms with van der Waals surface area (Å²) >= 11 is 16.7. The molecule has 0 aromatic heterocycles. The van der Waals surface area contributed by atoms with E-state index in [1.165, 1.54) is 0 Å². The highest BCUT2D eigenvalue weighted by atomic mass is 35.8. The Morgan fingerprint density at radius 3 is 1.85 bits per heavy atom. The van der Waals surface area contributed by atoms with Gasteiger partial charge in [0, 0.05) is 0 Å². The molecule has 13 heavy (non-hydrogen) atoms. The van der Waals surface area contributed by atoms with E-state index in [4.69, 9.17) is 42.4 Å². The molecule has 0 atom stereocenters. The highest BCUT2D eigenvalue weighted by Gasteiger charge is 2.29. The molecule has 1 rings (SSSR count). The molecule has 0 amide bonds. The summed E-state index contributed by atoms with van der Waals surface area (Å²) in [6.07, 6.45) is -3.05. The van der Waals surface area contributed by atoms with Crippen LogP contribution >= 0.6 is 33.2 Å². The summed E-state index contributed by atoms with van der Waals surface area (Å²) in [5.74, 6) is 1.27. The lowest BCUT2D eigenvalue weighted by molar-refractivity contribution is 0.414. The minimum absolute atomic E-state index is 0.535. The Morgan fingerprint density at radius 1 is 1.00 bits per heavy atom. The van der Waals surface area contributed by atoms with E-state index >= 15 is 0 Å². The van der Waals surface area contributed by atoms with Crippen molar-refractivity contribution in [3.05, 3.63) is 24.3 Å². The summed E-state index contributed by atoms with van der Waals surface area (Å²) in [6.45, 7) is 0. The molecule has 0 saturated heterocycles. The SMILES string of the molecule is COc1ccc(O[Si](Cl)(Cl)Cl)cc1. The molecule has 0 aliphatic carbocycles. The normalized spacial score (nSPS) is 11.1. The molecule has 72 valence electrons. The van der Waals surface area contributed by atoms with Crippen LogP contribution in [0.1, 0.15) is 0 Å². The first-order valence-electron chi connectivity index (χ1n) is 3.41. The highest BCUT2D eigenvalue weighted by Crippen LogP contribution is 2.26. The van der Waals surface area contributed by atoms with Crippen LogP contribution in [-0.4, -0.2) is 13.4 Å². The third-order valence-corrected chi connectivity index (χ3v) is 2.45. The molecule has 0 unspecified atom stereocenters. The van der Waals surface area contributed by atoms with Crippen LogP contribution < -0.4 is 9.16 Å². The average molecular weight is 258 g/mol. The van der Waals surface area contributed by atoms with Crippen molar-refractivity contribution in [1.82, 2.24) is 0 Å². The Labute approximate surface area is 91.6 Å². The molecule has 0 saturated carbocycles. The lowest BCUT2D eigenvalue weighted by Crippen LogP contribution is -2.19. The van der Waals surface area contributed by atoms with Gasteiger partial charge in [-0.15, -0.1) is 0 Å². The molecule has 0 heterocycles. The van der Waals surface area contributed by atoms with Gasteiger partial charge in [-0.1, -0.05) is 33.2 Å². The van der Waals surface area contributed by atoms with Gasteiger partial charge in [0.25, 0.3) is 0 Å². The highest BCUT2D eigenvalue weighted by molar-refractivity contribution is 7.62. The van der Waals surface area contributed by atoms with Crippen molar-refractivity contribution in [2.45, 2.75) is 0 Å². The molecule has 0 N–H and O–H groups in total. The smallest absolute Gasteiger partial charge is 0.508 e. The van der Waals surface area contributed by atoms with Crippen LogP contribution in [0, 0.1) is 0 Å². The number of methoxy groups -OCH3 is 1. The zero-order valence-electron chi connectivity index (χ0n) is 6.76. The topological polar surface area (TPSA) is 18.5 Å². The summed E-state index contributed by atoms with van der Waals surface area (Å²) in [7, 11) is 1.58. The van der Waals surface area contributed by atoms with Crippen LogP contribution in [0.3, 0.4) is 0 Å². The minimum atomic E-state index is -3.05. The van der Waals surface area contributed by atoms with Gasteiger partial charge in [-0.2, -0.15) is 0 Å². The third-order valence-electron chi connectivity index (χ3n) is 1.29. The molecule has 0 aliphatic heterocycles. The standard InChI is InChI=1S/C7H7Cl3O2Si/c1-11-6-2-4-7(5-3-6)12-13(8,9)10/h2-5H,1H3. The van der Waals surface area contributed by atoms with E-state index in [1.807, 2.05) is 0 Å². The number of halogens is 3. The summed E-state index contributed by atoms with van der Waals surface area (Å²) in [5.41, 5.74) is 0. The van der Waals surface area contributed by atoms with Crippen molar-refractivity contribution in [3.8, 4) is 11.5 Å². The maximum absolute atomic E-state index is 5.56. The first kappa shape index (κ1) is 11.0. The molecule has 1 aromatic carbocycles. The number of hydrogen-bond donors (Lipinski definition) is 0. The Morgan fingerprint density at radius 2 is 1.46 bits per heavy atom. The molecule has 0 spiro atoms. The Hall–Kier alpha value is -0.0931. The van der Waals surface area contributed by atoms with Crippen molar-refractivity contribution < 1.29 is 9.16 Å². The molecule has 2 nitrogen and oxygen atoms in total. The van der Waals surface area contributed by atoms with E-state index in [-0.39, 0.29) is 0 Å². The number of ether oxygens (including phenoxy) is 1. The van der Waals surface area contributed by atoms with Crippen molar-refractivity contribution in [2.75, 3.05) is 7.11 Å². The van der Waals surface area contributed by atoms with Gasteiger partial charge in [-0.25, -0.2) is 0 Å². The predicted molar refractivity (Wildman–Crippen MR) is 56.9 cm³/mol. The molecule has 0 fully saturated rings. The molecule has 0 bridgehead atoms. The van der Waals surface area contributed by atoms with E-state index in [0.717, 1.165) is 5.75 Å². The van der Waals surface area contributed by atoms with Gasteiger partial charge in [-0.3, -0.25) is 0 Å². The van der Waals surface area contributed by atoms with Crippen LogP contribution in [0.2, 0.25) is 0 Å². The third kappa shape index (κ3) is 4.09. The van der Waals surface area contributed by atoms with Gasteiger partial charge in [-0.05, 0) is 24.3 Å². The average Bonchev–Trinajstić information content (AvgIpc) is 2.03. The molecule has 0 aliphatic rings. The predicted octanol–water partition coefficient (Wildman–Crippen LogP) is 3.23. The molecular weight excluding hydrogens is 251 g/mol. The second-order valence-electron chi connectivity index (χ2n) is 2.22. The molecule has 6 heteroatoms. The second kappa shape index (κ2) is 4.42. The monoisotopic (exact) mass is 256 g/mol. The lowest BCUT2D eigenvalue weighted by atomic mass is 10.3. The first-order chi connectivity index (χ1) is 6.01. The van der Waals surface area contributed by atoms with E-state index in [2.05, 4.69) is 0 Å². The van der Waals surface area contributed by atoms with Gasteiger partial charge in [0.2, 0.25) is 0 Å².